The lowest BCUT2D eigenvalue weighted by Crippen LogP contribution is -2.31. The van der Waals surface area contributed by atoms with E-state index < -0.39 is 0 Å². The maximum Gasteiger partial charge on any atom is 0.170 e. The zero-order valence-electron chi connectivity index (χ0n) is 10.3. The van der Waals surface area contributed by atoms with Crippen molar-refractivity contribution in [3.05, 3.63) is 5.82 Å². The molecule has 0 saturated carbocycles. The molecular weight excluding hydrogens is 238 g/mol. The van der Waals surface area contributed by atoms with Crippen LogP contribution in [0.25, 0.3) is 0 Å². The van der Waals surface area contributed by atoms with Crippen LogP contribution < -0.4 is 5.32 Å². The van der Waals surface area contributed by atoms with Crippen LogP contribution in [0.1, 0.15) is 39.4 Å². The first-order chi connectivity index (χ1) is 7.80. The van der Waals surface area contributed by atoms with Gasteiger partial charge in [-0.3, -0.25) is 0 Å². The smallest absolute Gasteiger partial charge is 0.170 e. The van der Waals surface area contributed by atoms with Gasteiger partial charge in [0.25, 0.3) is 0 Å². The van der Waals surface area contributed by atoms with Crippen LogP contribution in [0.5, 0.6) is 0 Å². The van der Waals surface area contributed by atoms with Crippen LogP contribution in [0.4, 0.5) is 0 Å². The van der Waals surface area contributed by atoms with Crippen molar-refractivity contribution in [3.63, 3.8) is 0 Å². The van der Waals surface area contributed by atoms with Crippen LogP contribution in [-0.4, -0.2) is 27.7 Å². The fourth-order valence-corrected chi connectivity index (χ4v) is 3.18. The summed E-state index contributed by atoms with van der Waals surface area (Å²) in [6.45, 7) is 7.63. The monoisotopic (exact) mass is 259 g/mol. The highest BCUT2D eigenvalue weighted by atomic mass is 32.2. The Morgan fingerprint density at radius 3 is 2.75 bits per heavy atom. The Bertz CT molecular complexity index is 289. The molecular formula is C11H21N3S2. The minimum Gasteiger partial charge on any atom is -0.313 e. The fraction of sp³-hybridized carbons (Fsp3) is 0.818. The third kappa shape index (κ3) is 4.80. The molecule has 0 spiro atoms. The molecule has 0 aliphatic carbocycles. The summed E-state index contributed by atoms with van der Waals surface area (Å²) in [5.74, 6) is 2.07. The van der Waals surface area contributed by atoms with E-state index in [4.69, 9.17) is 0 Å². The highest BCUT2D eigenvalue weighted by Gasteiger charge is 2.08. The Hall–Kier alpha value is -0.130. The summed E-state index contributed by atoms with van der Waals surface area (Å²) >= 11 is 3.35. The van der Waals surface area contributed by atoms with Gasteiger partial charge in [-0.15, -0.1) is 0 Å². The molecule has 0 aromatic carbocycles. The predicted molar refractivity (Wildman–Crippen MR) is 72.4 cm³/mol. The molecule has 16 heavy (non-hydrogen) atoms. The lowest BCUT2D eigenvalue weighted by molar-refractivity contribution is 0.539. The van der Waals surface area contributed by atoms with Gasteiger partial charge in [0, 0.05) is 18.2 Å². The molecule has 0 bridgehead atoms. The van der Waals surface area contributed by atoms with E-state index in [1.807, 2.05) is 11.8 Å². The van der Waals surface area contributed by atoms with Crippen LogP contribution in [0.3, 0.4) is 0 Å². The standard InChI is InChI=1S/C11H21N3S2/c1-4-7-12-9(5-2)8-15-11-13-10(6-3)14-16-11/h9,12H,4-8H2,1-3H3. The molecule has 0 aliphatic heterocycles. The molecule has 0 saturated heterocycles. The lowest BCUT2D eigenvalue weighted by atomic mass is 10.2. The Morgan fingerprint density at radius 2 is 2.19 bits per heavy atom. The molecule has 1 aromatic heterocycles. The van der Waals surface area contributed by atoms with Crippen molar-refractivity contribution in [2.24, 2.45) is 0 Å². The molecule has 1 N–H and O–H groups in total. The Kier molecular flexibility index (Phi) is 7.00. The molecule has 0 amide bonds. The summed E-state index contributed by atoms with van der Waals surface area (Å²) in [5, 5.41) is 3.55. The van der Waals surface area contributed by atoms with Gasteiger partial charge in [0.05, 0.1) is 0 Å². The topological polar surface area (TPSA) is 37.8 Å². The minimum absolute atomic E-state index is 0.596. The number of hydrogen-bond donors (Lipinski definition) is 1. The van der Waals surface area contributed by atoms with Gasteiger partial charge in [0.1, 0.15) is 5.82 Å². The zero-order valence-corrected chi connectivity index (χ0v) is 12.0. The Morgan fingerprint density at radius 1 is 1.38 bits per heavy atom. The van der Waals surface area contributed by atoms with Crippen molar-refractivity contribution in [3.8, 4) is 0 Å². The summed E-state index contributed by atoms with van der Waals surface area (Å²) in [6, 6.07) is 0.596. The van der Waals surface area contributed by atoms with E-state index in [0.717, 1.165) is 28.9 Å². The molecule has 0 fully saturated rings. The molecule has 5 heteroatoms. The van der Waals surface area contributed by atoms with Crippen molar-refractivity contribution in [1.29, 1.82) is 0 Å². The van der Waals surface area contributed by atoms with Gasteiger partial charge in [-0.05, 0) is 30.9 Å². The van der Waals surface area contributed by atoms with Gasteiger partial charge < -0.3 is 5.32 Å². The minimum atomic E-state index is 0.596. The number of aromatic nitrogens is 2. The van der Waals surface area contributed by atoms with Crippen molar-refractivity contribution in [1.82, 2.24) is 14.7 Å². The van der Waals surface area contributed by atoms with E-state index in [-0.39, 0.29) is 0 Å². The van der Waals surface area contributed by atoms with Gasteiger partial charge in [-0.25, -0.2) is 4.98 Å². The third-order valence-corrected chi connectivity index (χ3v) is 4.38. The number of aryl methyl sites for hydroxylation is 1. The second kappa shape index (κ2) is 8.03. The highest BCUT2D eigenvalue weighted by Crippen LogP contribution is 2.21. The molecule has 1 heterocycles. The van der Waals surface area contributed by atoms with Crippen LogP contribution in [0.2, 0.25) is 0 Å². The Labute approximate surface area is 107 Å². The fourth-order valence-electron chi connectivity index (χ4n) is 1.28. The quantitative estimate of drug-likeness (QED) is 0.728. The van der Waals surface area contributed by atoms with Crippen LogP contribution in [0, 0.1) is 0 Å². The highest BCUT2D eigenvalue weighted by molar-refractivity contribution is 8.00. The second-order valence-electron chi connectivity index (χ2n) is 3.70. The van der Waals surface area contributed by atoms with Crippen LogP contribution >= 0.6 is 23.3 Å². The van der Waals surface area contributed by atoms with Crippen molar-refractivity contribution < 1.29 is 0 Å². The molecule has 1 rings (SSSR count). The average Bonchev–Trinajstić information content (AvgIpc) is 2.77. The maximum absolute atomic E-state index is 4.46. The largest absolute Gasteiger partial charge is 0.313 e. The zero-order chi connectivity index (χ0) is 11.8. The molecule has 3 nitrogen and oxygen atoms in total. The summed E-state index contributed by atoms with van der Waals surface area (Å²) in [4.78, 5) is 4.46. The summed E-state index contributed by atoms with van der Waals surface area (Å²) in [5.41, 5.74) is 0. The number of hydrogen-bond acceptors (Lipinski definition) is 5. The van der Waals surface area contributed by atoms with Crippen molar-refractivity contribution >= 4 is 23.3 Å². The molecule has 0 radical (unpaired) electrons. The van der Waals surface area contributed by atoms with E-state index >= 15 is 0 Å². The molecule has 1 unspecified atom stereocenters. The van der Waals surface area contributed by atoms with E-state index in [9.17, 15) is 0 Å². The molecule has 1 aromatic rings. The van der Waals surface area contributed by atoms with Gasteiger partial charge >= 0.3 is 0 Å². The summed E-state index contributed by atoms with van der Waals surface area (Å²) in [6.07, 6.45) is 3.30. The lowest BCUT2D eigenvalue weighted by Gasteiger charge is -2.14. The van der Waals surface area contributed by atoms with Crippen LogP contribution in [-0.2, 0) is 6.42 Å². The number of thioether (sulfide) groups is 1. The molecule has 0 aliphatic rings. The molecule has 92 valence electrons. The molecule has 1 atom stereocenters. The van der Waals surface area contributed by atoms with E-state index in [0.29, 0.717) is 6.04 Å². The first-order valence-corrected chi connectivity index (χ1v) is 7.74. The normalized spacial score (nSPS) is 12.9. The SMILES string of the molecule is CCCNC(CC)CSc1nc(CC)ns1. The van der Waals surface area contributed by atoms with E-state index in [1.165, 1.54) is 24.4 Å². The first kappa shape index (κ1) is 13.9. The van der Waals surface area contributed by atoms with Gasteiger partial charge in [0.2, 0.25) is 0 Å². The van der Waals surface area contributed by atoms with E-state index in [1.54, 1.807) is 0 Å². The van der Waals surface area contributed by atoms with Gasteiger partial charge in [-0.1, -0.05) is 32.5 Å². The van der Waals surface area contributed by atoms with E-state index in [2.05, 4.69) is 35.4 Å². The average molecular weight is 259 g/mol. The van der Waals surface area contributed by atoms with Gasteiger partial charge in [0.15, 0.2) is 4.34 Å². The first-order valence-electron chi connectivity index (χ1n) is 5.98. The van der Waals surface area contributed by atoms with Crippen molar-refractivity contribution in [2.45, 2.75) is 50.4 Å². The second-order valence-corrected chi connectivity index (χ2v) is 5.72. The van der Waals surface area contributed by atoms with Crippen molar-refractivity contribution in [2.75, 3.05) is 12.3 Å². The van der Waals surface area contributed by atoms with Crippen LogP contribution in [0.15, 0.2) is 4.34 Å². The maximum atomic E-state index is 4.46. The number of rotatable bonds is 8. The summed E-state index contributed by atoms with van der Waals surface area (Å²) < 4.78 is 5.40. The predicted octanol–water partition coefficient (Wildman–Crippen LogP) is 2.97. The van der Waals surface area contributed by atoms with Gasteiger partial charge in [-0.2, -0.15) is 4.37 Å². The third-order valence-electron chi connectivity index (χ3n) is 2.35. The Balaban J connectivity index is 2.31. The number of nitrogens with one attached hydrogen (secondary N) is 1. The number of nitrogens with zero attached hydrogens (tertiary/aromatic N) is 2. The summed E-state index contributed by atoms with van der Waals surface area (Å²) in [7, 11) is 0.